The third kappa shape index (κ3) is 2.76. The Morgan fingerprint density at radius 3 is 2.94 bits per heavy atom. The summed E-state index contributed by atoms with van der Waals surface area (Å²) in [5, 5.41) is 12.1. The van der Waals surface area contributed by atoms with Gasteiger partial charge >= 0.3 is 0 Å². The fourth-order valence-electron chi connectivity index (χ4n) is 2.32. The van der Waals surface area contributed by atoms with Gasteiger partial charge < -0.3 is 15.3 Å². The van der Waals surface area contributed by atoms with E-state index in [4.69, 9.17) is 5.11 Å². The van der Waals surface area contributed by atoms with Gasteiger partial charge in [0.1, 0.15) is 5.82 Å². The number of nitrogens with zero attached hydrogens (tertiary/aromatic N) is 1. The Morgan fingerprint density at radius 2 is 2.35 bits per heavy atom. The van der Waals surface area contributed by atoms with E-state index in [0.717, 1.165) is 25.1 Å². The predicted molar refractivity (Wildman–Crippen MR) is 66.6 cm³/mol. The van der Waals surface area contributed by atoms with Crippen molar-refractivity contribution < 1.29 is 9.50 Å². The van der Waals surface area contributed by atoms with Gasteiger partial charge in [-0.15, -0.1) is 0 Å². The van der Waals surface area contributed by atoms with E-state index in [9.17, 15) is 4.39 Å². The van der Waals surface area contributed by atoms with Crippen molar-refractivity contribution in [3.63, 3.8) is 0 Å². The molecule has 0 spiro atoms. The lowest BCUT2D eigenvalue weighted by Crippen LogP contribution is -2.21. The van der Waals surface area contributed by atoms with Gasteiger partial charge in [-0.05, 0) is 31.2 Å². The monoisotopic (exact) mass is 238 g/mol. The van der Waals surface area contributed by atoms with E-state index < -0.39 is 0 Å². The molecule has 1 aromatic rings. The molecule has 1 aromatic carbocycles. The Morgan fingerprint density at radius 1 is 1.53 bits per heavy atom. The van der Waals surface area contributed by atoms with Crippen molar-refractivity contribution in [3.05, 3.63) is 29.6 Å². The van der Waals surface area contributed by atoms with Gasteiger partial charge in [-0.1, -0.05) is 6.07 Å². The van der Waals surface area contributed by atoms with Gasteiger partial charge in [-0.2, -0.15) is 0 Å². The Bertz CT molecular complexity index is 384. The van der Waals surface area contributed by atoms with Gasteiger partial charge in [0.05, 0.1) is 5.69 Å². The van der Waals surface area contributed by atoms with Crippen LogP contribution in [-0.2, 0) is 6.54 Å². The van der Waals surface area contributed by atoms with Crippen molar-refractivity contribution >= 4 is 5.69 Å². The van der Waals surface area contributed by atoms with E-state index >= 15 is 0 Å². The third-order valence-electron chi connectivity index (χ3n) is 3.28. The van der Waals surface area contributed by atoms with Gasteiger partial charge in [0, 0.05) is 32.2 Å². The molecule has 1 atom stereocenters. The first-order valence-electron chi connectivity index (χ1n) is 6.03. The average molecular weight is 238 g/mol. The lowest BCUT2D eigenvalue weighted by molar-refractivity contribution is 0.238. The normalized spacial score (nSPS) is 19.9. The number of nitrogens with one attached hydrogen (secondary N) is 1. The number of benzene rings is 1. The molecule has 1 fully saturated rings. The molecule has 2 N–H and O–H groups in total. The fourth-order valence-corrected chi connectivity index (χ4v) is 2.32. The topological polar surface area (TPSA) is 35.5 Å². The van der Waals surface area contributed by atoms with E-state index in [1.165, 1.54) is 0 Å². The molecule has 1 aliphatic heterocycles. The number of hydrogen-bond donors (Lipinski definition) is 2. The summed E-state index contributed by atoms with van der Waals surface area (Å²) in [6.45, 7) is 2.44. The van der Waals surface area contributed by atoms with E-state index in [0.29, 0.717) is 12.2 Å². The summed E-state index contributed by atoms with van der Waals surface area (Å²) in [6.07, 6.45) is 0.939. The third-order valence-corrected chi connectivity index (χ3v) is 3.28. The van der Waals surface area contributed by atoms with Crippen LogP contribution in [0.2, 0.25) is 0 Å². The zero-order valence-electron chi connectivity index (χ0n) is 10.1. The number of hydrogen-bond acceptors (Lipinski definition) is 3. The molecule has 1 aliphatic rings. The molecular weight excluding hydrogens is 219 g/mol. The maximum Gasteiger partial charge on any atom is 0.146 e. The van der Waals surface area contributed by atoms with Crippen LogP contribution in [0, 0.1) is 11.7 Å². The SMILES string of the molecule is CNCc1ccc(N2CCC(CO)C2)c(F)c1. The highest BCUT2D eigenvalue weighted by molar-refractivity contribution is 5.50. The summed E-state index contributed by atoms with van der Waals surface area (Å²) in [5.74, 6) is 0.114. The molecule has 94 valence electrons. The predicted octanol–water partition coefficient (Wildman–Crippen LogP) is 1.36. The summed E-state index contributed by atoms with van der Waals surface area (Å²) >= 11 is 0. The molecule has 2 rings (SSSR count). The number of rotatable bonds is 4. The van der Waals surface area contributed by atoms with Crippen molar-refractivity contribution in [2.75, 3.05) is 31.6 Å². The lowest BCUT2D eigenvalue weighted by Gasteiger charge is -2.19. The van der Waals surface area contributed by atoms with Crippen LogP contribution in [0.25, 0.3) is 0 Å². The van der Waals surface area contributed by atoms with Crippen LogP contribution in [0.15, 0.2) is 18.2 Å². The lowest BCUT2D eigenvalue weighted by atomic mass is 10.1. The molecule has 0 radical (unpaired) electrons. The van der Waals surface area contributed by atoms with Gasteiger partial charge in [0.25, 0.3) is 0 Å². The summed E-state index contributed by atoms with van der Waals surface area (Å²) in [4.78, 5) is 2.01. The first-order valence-corrected chi connectivity index (χ1v) is 6.03. The van der Waals surface area contributed by atoms with Crippen molar-refractivity contribution in [2.45, 2.75) is 13.0 Å². The number of aliphatic hydroxyl groups excluding tert-OH is 1. The molecular formula is C13H19FN2O. The molecule has 0 saturated carbocycles. The van der Waals surface area contributed by atoms with Crippen molar-refractivity contribution in [3.8, 4) is 0 Å². The number of aliphatic hydroxyl groups is 1. The van der Waals surface area contributed by atoms with E-state index in [1.54, 1.807) is 6.07 Å². The highest BCUT2D eigenvalue weighted by Crippen LogP contribution is 2.26. The molecule has 0 aliphatic carbocycles. The molecule has 1 saturated heterocycles. The standard InChI is InChI=1S/C13H19FN2O/c1-15-7-10-2-3-13(12(14)6-10)16-5-4-11(8-16)9-17/h2-3,6,11,15,17H,4-5,7-9H2,1H3. The van der Waals surface area contributed by atoms with Crippen LogP contribution in [0.4, 0.5) is 10.1 Å². The van der Waals surface area contributed by atoms with Crippen LogP contribution in [0.3, 0.4) is 0 Å². The van der Waals surface area contributed by atoms with Crippen molar-refractivity contribution in [1.29, 1.82) is 0 Å². The molecule has 17 heavy (non-hydrogen) atoms. The molecule has 1 heterocycles. The first kappa shape index (κ1) is 12.3. The minimum Gasteiger partial charge on any atom is -0.396 e. The second-order valence-electron chi connectivity index (χ2n) is 4.60. The molecule has 1 unspecified atom stereocenters. The highest BCUT2D eigenvalue weighted by atomic mass is 19.1. The van der Waals surface area contributed by atoms with Gasteiger partial charge in [-0.25, -0.2) is 4.39 Å². The number of anilines is 1. The zero-order valence-corrected chi connectivity index (χ0v) is 10.1. The van der Waals surface area contributed by atoms with Crippen LogP contribution in [-0.4, -0.2) is 31.9 Å². The molecule has 0 amide bonds. The minimum absolute atomic E-state index is 0.170. The Kier molecular flexibility index (Phi) is 3.97. The van der Waals surface area contributed by atoms with Crippen LogP contribution < -0.4 is 10.2 Å². The van der Waals surface area contributed by atoms with Gasteiger partial charge in [0.15, 0.2) is 0 Å². The van der Waals surface area contributed by atoms with Crippen molar-refractivity contribution in [2.24, 2.45) is 5.92 Å². The van der Waals surface area contributed by atoms with Gasteiger partial charge in [-0.3, -0.25) is 0 Å². The van der Waals surface area contributed by atoms with Crippen LogP contribution >= 0.6 is 0 Å². The maximum atomic E-state index is 13.9. The molecule has 0 bridgehead atoms. The largest absolute Gasteiger partial charge is 0.396 e. The summed E-state index contributed by atoms with van der Waals surface area (Å²) in [5.41, 5.74) is 1.60. The second-order valence-corrected chi connectivity index (χ2v) is 4.60. The smallest absolute Gasteiger partial charge is 0.146 e. The molecule has 4 heteroatoms. The minimum atomic E-state index is -0.170. The summed E-state index contributed by atoms with van der Waals surface area (Å²) in [6, 6.07) is 5.36. The Hall–Kier alpha value is -1.13. The molecule has 3 nitrogen and oxygen atoms in total. The Balaban J connectivity index is 2.11. The molecule has 0 aromatic heterocycles. The van der Waals surface area contributed by atoms with Gasteiger partial charge in [0.2, 0.25) is 0 Å². The highest BCUT2D eigenvalue weighted by Gasteiger charge is 2.23. The summed E-state index contributed by atoms with van der Waals surface area (Å²) in [7, 11) is 1.85. The number of halogens is 1. The van der Waals surface area contributed by atoms with Crippen molar-refractivity contribution in [1.82, 2.24) is 5.32 Å². The van der Waals surface area contributed by atoms with E-state index in [2.05, 4.69) is 5.32 Å². The van der Waals surface area contributed by atoms with Crippen LogP contribution in [0.1, 0.15) is 12.0 Å². The quantitative estimate of drug-likeness (QED) is 0.831. The first-order chi connectivity index (χ1) is 8.24. The zero-order chi connectivity index (χ0) is 12.3. The summed E-state index contributed by atoms with van der Waals surface area (Å²) < 4.78 is 13.9. The average Bonchev–Trinajstić information content (AvgIpc) is 2.78. The van der Waals surface area contributed by atoms with E-state index in [-0.39, 0.29) is 18.3 Å². The fraction of sp³-hybridized carbons (Fsp3) is 0.538. The van der Waals surface area contributed by atoms with Crippen LogP contribution in [0.5, 0.6) is 0 Å². The maximum absolute atomic E-state index is 13.9. The Labute approximate surface area is 101 Å². The van der Waals surface area contributed by atoms with E-state index in [1.807, 2.05) is 24.1 Å². The second kappa shape index (κ2) is 5.47.